The van der Waals surface area contributed by atoms with E-state index in [1.54, 1.807) is 36.5 Å². The highest BCUT2D eigenvalue weighted by molar-refractivity contribution is 5.98. The van der Waals surface area contributed by atoms with Crippen molar-refractivity contribution in [1.82, 2.24) is 4.98 Å². The number of nitrogens with two attached hydrogens (primary N) is 2. The summed E-state index contributed by atoms with van der Waals surface area (Å²) in [5.41, 5.74) is 19.4. The van der Waals surface area contributed by atoms with E-state index in [1.807, 2.05) is 48.5 Å². The number of hydrogen-bond donors (Lipinski definition) is 5. The van der Waals surface area contributed by atoms with Crippen LogP contribution in [0.1, 0.15) is 113 Å². The fraction of sp³-hybridized carbons (Fsp3) is 0.306. The molecule has 57 heavy (non-hydrogen) atoms. The van der Waals surface area contributed by atoms with Crippen LogP contribution in [0, 0.1) is 17.8 Å². The second-order valence-corrected chi connectivity index (χ2v) is 15.1. The quantitative estimate of drug-likeness (QED) is 0.0275. The summed E-state index contributed by atoms with van der Waals surface area (Å²) in [6, 6.07) is 28.5. The van der Waals surface area contributed by atoms with Crippen LogP contribution in [0.2, 0.25) is 0 Å². The Labute approximate surface area is 336 Å². The Morgan fingerprint density at radius 2 is 1.68 bits per heavy atom. The van der Waals surface area contributed by atoms with Crippen molar-refractivity contribution in [3.63, 3.8) is 0 Å². The fourth-order valence-electron chi connectivity index (χ4n) is 7.41. The van der Waals surface area contributed by atoms with Gasteiger partial charge >= 0.3 is 0 Å². The van der Waals surface area contributed by atoms with Crippen molar-refractivity contribution in [2.45, 2.75) is 83.2 Å². The van der Waals surface area contributed by atoms with E-state index >= 15 is 0 Å². The zero-order chi connectivity index (χ0) is 40.1. The number of allylic oxidation sites excluding steroid dienone is 2. The van der Waals surface area contributed by atoms with Gasteiger partial charge in [0, 0.05) is 53.8 Å². The lowest BCUT2D eigenvalue weighted by Crippen LogP contribution is -2.20. The summed E-state index contributed by atoms with van der Waals surface area (Å²) in [5, 5.41) is 21.8. The van der Waals surface area contributed by atoms with Crippen molar-refractivity contribution in [2.75, 3.05) is 6.61 Å². The van der Waals surface area contributed by atoms with Crippen LogP contribution in [0.4, 0.5) is 0 Å². The summed E-state index contributed by atoms with van der Waals surface area (Å²) in [6.45, 7) is 2.55. The molecule has 1 aromatic heterocycles. The molecule has 1 aliphatic carbocycles. The van der Waals surface area contributed by atoms with Gasteiger partial charge in [0.2, 0.25) is 0 Å². The Hall–Kier alpha value is -5.88. The number of aromatic nitrogens is 1. The number of hydrogen-bond acceptors (Lipinski definition) is 7. The molecular weight excluding hydrogens is 711 g/mol. The third-order valence-corrected chi connectivity index (χ3v) is 10.8. The molecule has 0 fully saturated rings. The molecule has 0 aliphatic heterocycles. The maximum Gasteiger partial charge on any atom is 0.165 e. The van der Waals surface area contributed by atoms with Crippen molar-refractivity contribution in [2.24, 2.45) is 17.4 Å². The van der Waals surface area contributed by atoms with Crippen molar-refractivity contribution in [1.29, 1.82) is 0 Å². The highest BCUT2D eigenvalue weighted by Gasteiger charge is 2.27. The minimum atomic E-state index is -0.686. The van der Waals surface area contributed by atoms with Gasteiger partial charge in [0.15, 0.2) is 23.1 Å². The van der Waals surface area contributed by atoms with Gasteiger partial charge in [-0.1, -0.05) is 91.9 Å². The van der Waals surface area contributed by atoms with Crippen molar-refractivity contribution >= 4 is 11.6 Å². The average molecular weight is 764 g/mol. The predicted octanol–water partition coefficient (Wildman–Crippen LogP) is 8.77. The fourth-order valence-corrected chi connectivity index (χ4v) is 7.41. The van der Waals surface area contributed by atoms with Crippen LogP contribution in [-0.4, -0.2) is 33.4 Å². The van der Waals surface area contributed by atoms with Crippen molar-refractivity contribution in [3.8, 4) is 29.1 Å². The second kappa shape index (κ2) is 19.8. The smallest absolute Gasteiger partial charge is 0.165 e. The summed E-state index contributed by atoms with van der Waals surface area (Å²) in [4.78, 5) is 29.5. The zero-order valence-corrected chi connectivity index (χ0v) is 32.7. The maximum absolute atomic E-state index is 13.7. The number of Topliss-reactive ketones (excluding diaryl/α,β-unsaturated/α-hetero) is 1. The van der Waals surface area contributed by atoms with Gasteiger partial charge in [-0.3, -0.25) is 9.59 Å². The van der Waals surface area contributed by atoms with Gasteiger partial charge in [-0.05, 0) is 102 Å². The van der Waals surface area contributed by atoms with Crippen LogP contribution in [0.5, 0.6) is 17.2 Å². The number of ketones is 2. The first-order valence-electron chi connectivity index (χ1n) is 20.0. The predicted molar refractivity (Wildman–Crippen MR) is 225 cm³/mol. The van der Waals surface area contributed by atoms with Crippen molar-refractivity contribution in [3.05, 3.63) is 160 Å². The van der Waals surface area contributed by atoms with E-state index in [0.29, 0.717) is 54.0 Å². The first kappa shape index (κ1) is 40.8. The Morgan fingerprint density at radius 3 is 2.49 bits per heavy atom. The van der Waals surface area contributed by atoms with Crippen molar-refractivity contribution < 1.29 is 24.5 Å². The Bertz CT molecular complexity index is 2240. The van der Waals surface area contributed by atoms with Crippen LogP contribution in [0.3, 0.4) is 0 Å². The maximum atomic E-state index is 13.7. The molecule has 0 saturated carbocycles. The number of phenolic OH excluding ortho intramolecular Hbond substituents is 2. The molecule has 0 spiro atoms. The van der Waals surface area contributed by atoms with Crippen LogP contribution in [-0.2, 0) is 30.5 Å². The number of aromatic hydroxyl groups is 2. The van der Waals surface area contributed by atoms with Crippen LogP contribution in [0.25, 0.3) is 0 Å². The molecular formula is C49H53N3O5. The lowest BCUT2D eigenvalue weighted by molar-refractivity contribution is -0.114. The molecule has 7 N–H and O–H groups in total. The highest BCUT2D eigenvalue weighted by Crippen LogP contribution is 2.38. The molecule has 8 nitrogen and oxygen atoms in total. The molecule has 0 amide bonds. The summed E-state index contributed by atoms with van der Waals surface area (Å²) in [5.74, 6) is 7.07. The van der Waals surface area contributed by atoms with Crippen LogP contribution < -0.4 is 16.2 Å². The summed E-state index contributed by atoms with van der Waals surface area (Å²) >= 11 is 0. The number of rotatable bonds is 17. The normalized spacial score (nSPS) is 14.5. The van der Waals surface area contributed by atoms with Gasteiger partial charge in [-0.2, -0.15) is 0 Å². The average Bonchev–Trinajstić information content (AvgIpc) is 3.69. The summed E-state index contributed by atoms with van der Waals surface area (Å²) in [7, 11) is 0. The van der Waals surface area contributed by atoms with Gasteiger partial charge in [0.1, 0.15) is 5.75 Å². The van der Waals surface area contributed by atoms with E-state index in [9.17, 15) is 19.8 Å². The summed E-state index contributed by atoms with van der Waals surface area (Å²) < 4.78 is 6.05. The molecule has 5 aromatic rings. The summed E-state index contributed by atoms with van der Waals surface area (Å²) in [6.07, 6.45) is 12.0. The molecule has 2 unspecified atom stereocenters. The molecule has 8 heteroatoms. The highest BCUT2D eigenvalue weighted by atomic mass is 16.5. The number of H-pyrrole nitrogens is 1. The Kier molecular flexibility index (Phi) is 14.2. The molecule has 0 radical (unpaired) electrons. The van der Waals surface area contributed by atoms with E-state index < -0.39 is 12.1 Å². The van der Waals surface area contributed by atoms with Gasteiger partial charge < -0.3 is 31.4 Å². The van der Waals surface area contributed by atoms with Gasteiger partial charge in [0.25, 0.3) is 0 Å². The number of aryl methyl sites for hydroxylation is 2. The van der Waals surface area contributed by atoms with Gasteiger partial charge in [-0.15, -0.1) is 0 Å². The lowest BCUT2D eigenvalue weighted by atomic mass is 9.81. The molecule has 294 valence electrons. The molecule has 6 rings (SSSR count). The van der Waals surface area contributed by atoms with E-state index in [4.69, 9.17) is 16.2 Å². The number of benzene rings is 4. The minimum Gasteiger partial charge on any atom is -0.508 e. The number of carbonyl (C=O) groups is 2. The van der Waals surface area contributed by atoms with E-state index in [2.05, 4.69) is 48.0 Å². The zero-order valence-electron chi connectivity index (χ0n) is 32.7. The molecule has 4 aromatic carbocycles. The lowest BCUT2D eigenvalue weighted by Gasteiger charge is -2.22. The first-order chi connectivity index (χ1) is 27.6. The molecule has 2 atom stereocenters. The number of ether oxygens (including phenoxy) is 1. The van der Waals surface area contributed by atoms with E-state index in [-0.39, 0.29) is 36.1 Å². The number of fused-ring (bicyclic) bond motifs is 2. The van der Waals surface area contributed by atoms with Gasteiger partial charge in [-0.25, -0.2) is 0 Å². The van der Waals surface area contributed by atoms with E-state index in [1.165, 1.54) is 12.0 Å². The monoisotopic (exact) mass is 763 g/mol. The number of carbonyl (C=O) groups excluding carboxylic acids is 2. The topological polar surface area (TPSA) is 152 Å². The standard InChI is InChI=1S/C49H53N3O5/c1-33(15-16-34-10-5-3-6-11-34)9-4-2-7-13-39(53)21-17-35-19-24-46(55)48(30-35)57-28-26-36-18-23-45(54)43(29-36)42-32-47(56)41-25-27-52-44(41)14-8-12-37-31-38(49(50)51)20-22-40(37)42/h3,5-7,10-11,13,18-20,22-25,27,29-31,33,42,49,52,54-55H,2,4,9,14-17,21,26,28,32,50-51H2,1H3. The molecule has 1 heterocycles. The van der Waals surface area contributed by atoms with Crippen LogP contribution in [0.15, 0.2) is 109 Å². The molecule has 0 saturated heterocycles. The van der Waals surface area contributed by atoms with Gasteiger partial charge in [0.05, 0.1) is 19.2 Å². The third-order valence-electron chi connectivity index (χ3n) is 10.8. The number of unbranched alkanes of at least 4 members (excludes halogenated alkanes) is 1. The largest absolute Gasteiger partial charge is 0.508 e. The minimum absolute atomic E-state index is 0.0211. The Balaban J connectivity index is 1.04. The number of nitrogens with one attached hydrogen (secondary N) is 1. The SMILES string of the molecule is CC(CCCC=CC(=O)CCc1ccc(O)c(OCCc2ccc(O)c(C3CC(=O)c4cc[nH]c4CC#Cc4cc(C(N)N)ccc43)c2)c1)CCc1ccccc1. The molecule has 1 aliphatic rings. The third kappa shape index (κ3) is 11.3. The van der Waals surface area contributed by atoms with Crippen LogP contribution >= 0.6 is 0 Å². The molecule has 0 bridgehead atoms. The van der Waals surface area contributed by atoms with E-state index in [0.717, 1.165) is 53.6 Å². The second-order valence-electron chi connectivity index (χ2n) is 15.1. The first-order valence-corrected chi connectivity index (χ1v) is 20.0. The Morgan fingerprint density at radius 1 is 0.895 bits per heavy atom. The number of aromatic amines is 1. The number of phenols is 2.